The molecule has 2 nitrogen and oxygen atoms in total. The number of para-hydroxylation sites is 1. The fraction of sp³-hybridized carbons (Fsp3) is 0. The Kier molecular flexibility index (Phi) is 7.32. The van der Waals surface area contributed by atoms with E-state index in [9.17, 15) is 4.79 Å². The third-order valence-corrected chi connectivity index (χ3v) is 4.60. The molecule has 0 N–H and O–H groups in total. The summed E-state index contributed by atoms with van der Waals surface area (Å²) in [5.41, 5.74) is 4.12. The zero-order valence-corrected chi connectivity index (χ0v) is 18.0. The van der Waals surface area contributed by atoms with E-state index in [4.69, 9.17) is 4.74 Å². The summed E-state index contributed by atoms with van der Waals surface area (Å²) >= 11 is 0. The first-order valence-electron chi connectivity index (χ1n) is 9.51. The van der Waals surface area contributed by atoms with E-state index in [1.54, 1.807) is 12.1 Å². The maximum absolute atomic E-state index is 13.4. The van der Waals surface area contributed by atoms with E-state index in [1.807, 2.05) is 109 Å². The lowest BCUT2D eigenvalue weighted by molar-refractivity contribution is -0.127. The van der Waals surface area contributed by atoms with Crippen molar-refractivity contribution in [3.05, 3.63) is 138 Å². The van der Waals surface area contributed by atoms with Crippen molar-refractivity contribution in [1.29, 1.82) is 0 Å². The monoisotopic (exact) mass is 410 g/mol. The van der Waals surface area contributed by atoms with Crippen LogP contribution in [0.2, 0.25) is 0 Å². The highest BCUT2D eigenvalue weighted by molar-refractivity contribution is 6.92. The maximum atomic E-state index is 13.4. The van der Waals surface area contributed by atoms with Gasteiger partial charge in [-0.05, 0) is 28.8 Å². The fourth-order valence-electron chi connectivity index (χ4n) is 3.28. The van der Waals surface area contributed by atoms with Crippen molar-refractivity contribution >= 4 is 27.0 Å². The van der Waals surface area contributed by atoms with Crippen LogP contribution in [0.5, 0.6) is 5.75 Å². The molecule has 0 radical (unpaired) electrons. The number of ether oxygens (including phenoxy) is 1. The number of carbonyl (C=O) groups excluding carboxylic acids is 1. The van der Waals surface area contributed by atoms with Crippen LogP contribution >= 0.6 is 9.90 Å². The Hall–Kier alpha value is -3.48. The molecule has 0 amide bonds. The van der Waals surface area contributed by atoms with Crippen LogP contribution < -0.4 is 4.74 Å². The SMILES string of the molecule is O=C(Oc1ccccc1)C(=C(c1ccccc1)c1ccccc1)c1ccccc1.P. The van der Waals surface area contributed by atoms with E-state index in [2.05, 4.69) is 0 Å². The second kappa shape index (κ2) is 10.3. The topological polar surface area (TPSA) is 26.3 Å². The molecule has 4 aromatic rings. The van der Waals surface area contributed by atoms with Gasteiger partial charge in [0.15, 0.2) is 0 Å². The molecule has 1 atom stereocenters. The van der Waals surface area contributed by atoms with Crippen LogP contribution in [0, 0.1) is 0 Å². The minimum Gasteiger partial charge on any atom is -0.423 e. The molecule has 0 saturated heterocycles. The largest absolute Gasteiger partial charge is 0.423 e. The smallest absolute Gasteiger partial charge is 0.344 e. The molecule has 0 aromatic heterocycles. The van der Waals surface area contributed by atoms with Gasteiger partial charge in [0.2, 0.25) is 0 Å². The fourth-order valence-corrected chi connectivity index (χ4v) is 3.28. The molecule has 0 spiro atoms. The van der Waals surface area contributed by atoms with E-state index < -0.39 is 0 Å². The zero-order valence-electron chi connectivity index (χ0n) is 16.6. The van der Waals surface area contributed by atoms with Crippen molar-refractivity contribution in [2.75, 3.05) is 0 Å². The molecule has 0 bridgehead atoms. The van der Waals surface area contributed by atoms with Gasteiger partial charge in [-0.2, -0.15) is 9.90 Å². The molecule has 0 aliphatic heterocycles. The molecule has 3 heteroatoms. The summed E-state index contributed by atoms with van der Waals surface area (Å²) in [7, 11) is 0. The lowest BCUT2D eigenvalue weighted by Gasteiger charge is -2.16. The lowest BCUT2D eigenvalue weighted by Crippen LogP contribution is -2.13. The van der Waals surface area contributed by atoms with Crippen molar-refractivity contribution in [2.24, 2.45) is 0 Å². The predicted molar refractivity (Wildman–Crippen MR) is 128 cm³/mol. The molecule has 30 heavy (non-hydrogen) atoms. The average Bonchev–Trinajstić information content (AvgIpc) is 2.79. The van der Waals surface area contributed by atoms with Gasteiger partial charge < -0.3 is 4.74 Å². The molecule has 0 heterocycles. The van der Waals surface area contributed by atoms with Gasteiger partial charge in [-0.1, -0.05) is 109 Å². The van der Waals surface area contributed by atoms with Gasteiger partial charge in [0, 0.05) is 5.57 Å². The standard InChI is InChI=1S/C27H20O2.H3P/c28-27(29-24-19-11-4-12-20-24)26(23-17-9-3-10-18-23)25(21-13-5-1-6-14-21)22-15-7-2-8-16-22;/h1-20H;1H3. The second-order valence-electron chi connectivity index (χ2n) is 6.55. The number of hydrogen-bond donors (Lipinski definition) is 0. The van der Waals surface area contributed by atoms with Gasteiger partial charge in [0.25, 0.3) is 0 Å². The summed E-state index contributed by atoms with van der Waals surface area (Å²) in [6, 6.07) is 38.7. The molecule has 4 aromatic carbocycles. The Morgan fingerprint density at radius 3 is 1.30 bits per heavy atom. The molecule has 4 rings (SSSR count). The highest BCUT2D eigenvalue weighted by atomic mass is 31.0. The third-order valence-electron chi connectivity index (χ3n) is 4.60. The Balaban J connectivity index is 0.00000256. The van der Waals surface area contributed by atoms with Crippen LogP contribution in [0.15, 0.2) is 121 Å². The van der Waals surface area contributed by atoms with Crippen molar-refractivity contribution in [1.82, 2.24) is 0 Å². The normalized spacial score (nSPS) is 9.87. The van der Waals surface area contributed by atoms with E-state index in [1.165, 1.54) is 0 Å². The van der Waals surface area contributed by atoms with Crippen LogP contribution in [0.3, 0.4) is 0 Å². The van der Waals surface area contributed by atoms with Gasteiger partial charge >= 0.3 is 5.97 Å². The molecule has 0 aliphatic rings. The molecule has 0 saturated carbocycles. The first kappa shape index (κ1) is 21.2. The van der Waals surface area contributed by atoms with Crippen LogP contribution in [-0.4, -0.2) is 5.97 Å². The highest BCUT2D eigenvalue weighted by Gasteiger charge is 2.22. The van der Waals surface area contributed by atoms with Gasteiger partial charge in [-0.3, -0.25) is 0 Å². The van der Waals surface area contributed by atoms with Crippen LogP contribution in [0.25, 0.3) is 11.1 Å². The van der Waals surface area contributed by atoms with E-state index in [0.717, 1.165) is 22.3 Å². The molecular formula is C27H23O2P. The van der Waals surface area contributed by atoms with Gasteiger partial charge in [-0.15, -0.1) is 0 Å². The quantitative estimate of drug-likeness (QED) is 0.127. The van der Waals surface area contributed by atoms with E-state index >= 15 is 0 Å². The lowest BCUT2D eigenvalue weighted by atomic mass is 9.89. The van der Waals surface area contributed by atoms with Crippen LogP contribution in [0.4, 0.5) is 0 Å². The number of hydrogen-bond acceptors (Lipinski definition) is 2. The van der Waals surface area contributed by atoms with Crippen molar-refractivity contribution in [3.8, 4) is 5.75 Å². The van der Waals surface area contributed by atoms with Gasteiger partial charge in [0.1, 0.15) is 5.75 Å². The summed E-state index contributed by atoms with van der Waals surface area (Å²) < 4.78 is 5.76. The minimum atomic E-state index is -0.384. The molecule has 1 unspecified atom stereocenters. The molecular weight excluding hydrogens is 387 g/mol. The predicted octanol–water partition coefficient (Wildman–Crippen LogP) is 6.31. The van der Waals surface area contributed by atoms with Gasteiger partial charge in [0.05, 0.1) is 5.57 Å². The van der Waals surface area contributed by atoms with Crippen molar-refractivity contribution < 1.29 is 9.53 Å². The second-order valence-corrected chi connectivity index (χ2v) is 6.55. The number of benzene rings is 4. The summed E-state index contributed by atoms with van der Waals surface area (Å²) in [4.78, 5) is 13.4. The maximum Gasteiger partial charge on any atom is 0.344 e. The average molecular weight is 410 g/mol. The first-order valence-corrected chi connectivity index (χ1v) is 9.51. The summed E-state index contributed by atoms with van der Waals surface area (Å²) in [6.45, 7) is 0. The van der Waals surface area contributed by atoms with Crippen molar-refractivity contribution in [3.63, 3.8) is 0 Å². The number of carbonyl (C=O) groups is 1. The minimum absolute atomic E-state index is 0. The zero-order chi connectivity index (χ0) is 19.9. The van der Waals surface area contributed by atoms with Gasteiger partial charge in [-0.25, -0.2) is 4.79 Å². The first-order chi connectivity index (χ1) is 14.3. The van der Waals surface area contributed by atoms with E-state index in [-0.39, 0.29) is 15.9 Å². The molecule has 0 aliphatic carbocycles. The number of esters is 1. The third kappa shape index (κ3) is 4.92. The van der Waals surface area contributed by atoms with Crippen molar-refractivity contribution in [2.45, 2.75) is 0 Å². The molecule has 148 valence electrons. The molecule has 0 fully saturated rings. The Morgan fingerprint density at radius 1 is 0.500 bits per heavy atom. The van der Waals surface area contributed by atoms with Crippen LogP contribution in [0.1, 0.15) is 16.7 Å². The van der Waals surface area contributed by atoms with E-state index in [0.29, 0.717) is 11.3 Å². The summed E-state index contributed by atoms with van der Waals surface area (Å²) in [5.74, 6) is 0.136. The summed E-state index contributed by atoms with van der Waals surface area (Å²) in [5, 5.41) is 0. The van der Waals surface area contributed by atoms with Crippen LogP contribution in [-0.2, 0) is 4.79 Å². The summed E-state index contributed by atoms with van der Waals surface area (Å²) in [6.07, 6.45) is 0. The Labute approximate surface area is 180 Å². The number of rotatable bonds is 5. The Morgan fingerprint density at radius 2 is 0.867 bits per heavy atom. The Bertz CT molecular complexity index is 1070. The highest BCUT2D eigenvalue weighted by Crippen LogP contribution is 2.33.